The molecule has 1 saturated heterocycles. The summed E-state index contributed by atoms with van der Waals surface area (Å²) in [7, 11) is 0. The van der Waals surface area contributed by atoms with E-state index < -0.39 is 11.7 Å². The first-order valence-corrected chi connectivity index (χ1v) is 7.42. The lowest BCUT2D eigenvalue weighted by Crippen LogP contribution is -2.43. The lowest BCUT2D eigenvalue weighted by Gasteiger charge is -2.34. The maximum Gasteiger partial charge on any atom is 0.416 e. The van der Waals surface area contributed by atoms with Crippen molar-refractivity contribution in [2.24, 2.45) is 5.41 Å². The topological polar surface area (TPSA) is 41.1 Å². The van der Waals surface area contributed by atoms with Crippen molar-refractivity contribution in [3.05, 3.63) is 35.4 Å². The zero-order valence-electron chi connectivity index (χ0n) is 13.0. The minimum Gasteiger partial charge on any atom is -0.355 e. The molecule has 1 aromatic carbocycles. The third kappa shape index (κ3) is 6.03. The second kappa shape index (κ2) is 8.02. The second-order valence-electron chi connectivity index (χ2n) is 6.21. The summed E-state index contributed by atoms with van der Waals surface area (Å²) in [5.74, 6) is -0.237. The molecule has 0 aromatic heterocycles. The van der Waals surface area contributed by atoms with Crippen LogP contribution in [0.25, 0.3) is 0 Å². The maximum atomic E-state index is 12.6. The fraction of sp³-hybridized carbons (Fsp3) is 0.562. The smallest absolute Gasteiger partial charge is 0.355 e. The predicted molar refractivity (Wildman–Crippen MR) is 85.6 cm³/mol. The number of hydrogen-bond acceptors (Lipinski definition) is 2. The molecule has 130 valence electrons. The fourth-order valence-electron chi connectivity index (χ4n) is 2.62. The Kier molecular flexibility index (Phi) is 6.89. The molecule has 1 heterocycles. The molecule has 1 fully saturated rings. The van der Waals surface area contributed by atoms with Gasteiger partial charge in [-0.15, -0.1) is 12.4 Å². The van der Waals surface area contributed by atoms with E-state index in [1.54, 1.807) is 6.07 Å². The van der Waals surface area contributed by atoms with Gasteiger partial charge in [-0.1, -0.05) is 25.1 Å². The van der Waals surface area contributed by atoms with Gasteiger partial charge in [0, 0.05) is 6.54 Å². The summed E-state index contributed by atoms with van der Waals surface area (Å²) >= 11 is 0. The van der Waals surface area contributed by atoms with Crippen LogP contribution in [0.4, 0.5) is 13.2 Å². The van der Waals surface area contributed by atoms with Gasteiger partial charge >= 0.3 is 6.18 Å². The molecule has 1 amide bonds. The number of nitrogens with one attached hydrogen (secondary N) is 2. The lowest BCUT2D eigenvalue weighted by atomic mass is 9.81. The van der Waals surface area contributed by atoms with E-state index in [9.17, 15) is 18.0 Å². The molecule has 1 aliphatic rings. The summed E-state index contributed by atoms with van der Waals surface area (Å²) in [4.78, 5) is 12.0. The minimum absolute atomic E-state index is 0. The minimum atomic E-state index is -4.38. The van der Waals surface area contributed by atoms with Gasteiger partial charge < -0.3 is 10.6 Å². The van der Waals surface area contributed by atoms with Crippen LogP contribution in [-0.2, 0) is 17.4 Å². The van der Waals surface area contributed by atoms with Crippen molar-refractivity contribution in [3.63, 3.8) is 0 Å². The SMILES string of the molecule is CC1(CNC(=O)Cc2cccc(C(F)(F)F)c2)CCNCC1.Cl. The summed E-state index contributed by atoms with van der Waals surface area (Å²) < 4.78 is 37.9. The van der Waals surface area contributed by atoms with E-state index in [4.69, 9.17) is 0 Å². The van der Waals surface area contributed by atoms with Gasteiger partial charge in [-0.3, -0.25) is 4.79 Å². The molecule has 3 nitrogen and oxygen atoms in total. The molecule has 2 rings (SSSR count). The third-order valence-corrected chi connectivity index (χ3v) is 4.14. The maximum absolute atomic E-state index is 12.6. The van der Waals surface area contributed by atoms with Crippen LogP contribution in [0.1, 0.15) is 30.9 Å². The lowest BCUT2D eigenvalue weighted by molar-refractivity contribution is -0.137. The molecule has 0 aliphatic carbocycles. The van der Waals surface area contributed by atoms with E-state index in [1.165, 1.54) is 6.07 Å². The Morgan fingerprint density at radius 3 is 2.57 bits per heavy atom. The van der Waals surface area contributed by atoms with Crippen LogP contribution < -0.4 is 10.6 Å². The van der Waals surface area contributed by atoms with Crippen molar-refractivity contribution in [2.45, 2.75) is 32.4 Å². The van der Waals surface area contributed by atoms with Gasteiger partial charge in [0.15, 0.2) is 0 Å². The average molecular weight is 351 g/mol. The average Bonchev–Trinajstić information content (AvgIpc) is 2.46. The van der Waals surface area contributed by atoms with Crippen LogP contribution in [0.5, 0.6) is 0 Å². The number of piperidine rings is 1. The van der Waals surface area contributed by atoms with Crippen molar-refractivity contribution < 1.29 is 18.0 Å². The van der Waals surface area contributed by atoms with Crippen LogP contribution in [0, 0.1) is 5.41 Å². The van der Waals surface area contributed by atoms with E-state index in [-0.39, 0.29) is 30.2 Å². The van der Waals surface area contributed by atoms with Crippen LogP contribution >= 0.6 is 12.4 Å². The summed E-state index contributed by atoms with van der Waals surface area (Å²) in [6, 6.07) is 4.92. The van der Waals surface area contributed by atoms with Crippen molar-refractivity contribution in [3.8, 4) is 0 Å². The molecular weight excluding hydrogens is 329 g/mol. The highest BCUT2D eigenvalue weighted by Crippen LogP contribution is 2.30. The second-order valence-corrected chi connectivity index (χ2v) is 6.21. The Balaban J connectivity index is 0.00000264. The number of benzene rings is 1. The number of alkyl halides is 3. The van der Waals surface area contributed by atoms with E-state index in [0.29, 0.717) is 12.1 Å². The standard InChI is InChI=1S/C16H21F3N2O.ClH/c1-15(5-7-20-8-6-15)11-21-14(22)10-12-3-2-4-13(9-12)16(17,18)19;/h2-4,9,20H,5-8,10-11H2,1H3,(H,21,22);1H. The molecule has 0 spiro atoms. The van der Waals surface area contributed by atoms with Crippen molar-refractivity contribution in [1.29, 1.82) is 0 Å². The molecule has 1 aromatic rings. The van der Waals surface area contributed by atoms with Gasteiger partial charge in [-0.05, 0) is 43.0 Å². The van der Waals surface area contributed by atoms with Crippen LogP contribution in [0.2, 0.25) is 0 Å². The molecule has 1 aliphatic heterocycles. The Bertz CT molecular complexity index is 528. The van der Waals surface area contributed by atoms with E-state index in [0.717, 1.165) is 38.1 Å². The molecular formula is C16H22ClF3N2O. The van der Waals surface area contributed by atoms with Gasteiger partial charge in [0.1, 0.15) is 0 Å². The molecule has 0 radical (unpaired) electrons. The third-order valence-electron chi connectivity index (χ3n) is 4.14. The van der Waals surface area contributed by atoms with E-state index >= 15 is 0 Å². The van der Waals surface area contributed by atoms with Gasteiger partial charge in [0.05, 0.1) is 12.0 Å². The quantitative estimate of drug-likeness (QED) is 0.875. The highest BCUT2D eigenvalue weighted by molar-refractivity contribution is 5.85. The molecule has 0 atom stereocenters. The zero-order chi connectivity index (χ0) is 16.2. The highest BCUT2D eigenvalue weighted by atomic mass is 35.5. The first-order chi connectivity index (χ1) is 10.3. The number of amides is 1. The van der Waals surface area contributed by atoms with E-state index in [2.05, 4.69) is 17.6 Å². The first kappa shape index (κ1) is 19.8. The van der Waals surface area contributed by atoms with Gasteiger partial charge in [-0.2, -0.15) is 13.2 Å². The van der Waals surface area contributed by atoms with Crippen molar-refractivity contribution in [1.82, 2.24) is 10.6 Å². The number of rotatable bonds is 4. The van der Waals surface area contributed by atoms with Crippen LogP contribution in [-0.4, -0.2) is 25.5 Å². The van der Waals surface area contributed by atoms with E-state index in [1.807, 2.05) is 0 Å². The van der Waals surface area contributed by atoms with Crippen molar-refractivity contribution >= 4 is 18.3 Å². The van der Waals surface area contributed by atoms with Crippen molar-refractivity contribution in [2.75, 3.05) is 19.6 Å². The molecule has 0 bridgehead atoms. The number of carbonyl (C=O) groups excluding carboxylic acids is 1. The number of halogens is 4. The normalized spacial score (nSPS) is 17.2. The molecule has 0 saturated carbocycles. The largest absolute Gasteiger partial charge is 0.416 e. The summed E-state index contributed by atoms with van der Waals surface area (Å²) in [6.45, 7) is 4.55. The van der Waals surface area contributed by atoms with Gasteiger partial charge in [0.2, 0.25) is 5.91 Å². The molecule has 0 unspecified atom stereocenters. The predicted octanol–water partition coefficient (Wildman–Crippen LogP) is 3.18. The summed E-state index contributed by atoms with van der Waals surface area (Å²) in [6.07, 6.45) is -2.44. The Hall–Kier alpha value is -1.27. The monoisotopic (exact) mass is 350 g/mol. The fourth-order valence-corrected chi connectivity index (χ4v) is 2.62. The Morgan fingerprint density at radius 1 is 1.30 bits per heavy atom. The zero-order valence-corrected chi connectivity index (χ0v) is 13.8. The van der Waals surface area contributed by atoms with Gasteiger partial charge in [-0.25, -0.2) is 0 Å². The molecule has 7 heteroatoms. The van der Waals surface area contributed by atoms with Crippen LogP contribution in [0.15, 0.2) is 24.3 Å². The van der Waals surface area contributed by atoms with Crippen LogP contribution in [0.3, 0.4) is 0 Å². The molecule has 2 N–H and O–H groups in total. The number of carbonyl (C=O) groups is 1. The number of hydrogen-bond donors (Lipinski definition) is 2. The highest BCUT2D eigenvalue weighted by Gasteiger charge is 2.30. The summed E-state index contributed by atoms with van der Waals surface area (Å²) in [5, 5.41) is 6.12. The summed E-state index contributed by atoms with van der Waals surface area (Å²) in [5.41, 5.74) is -0.278. The Morgan fingerprint density at radius 2 is 1.96 bits per heavy atom. The Labute approximate surface area is 140 Å². The van der Waals surface area contributed by atoms with Gasteiger partial charge in [0.25, 0.3) is 0 Å². The molecule has 23 heavy (non-hydrogen) atoms. The first-order valence-electron chi connectivity index (χ1n) is 7.42.